The van der Waals surface area contributed by atoms with Crippen LogP contribution < -0.4 is 16.6 Å². The van der Waals surface area contributed by atoms with Gasteiger partial charge in [-0.15, -0.1) is 0 Å². The Morgan fingerprint density at radius 2 is 2.33 bits per heavy atom. The normalized spacial score (nSPS) is 18.5. The van der Waals surface area contributed by atoms with E-state index in [9.17, 15) is 14.9 Å². The fourth-order valence-electron chi connectivity index (χ4n) is 2.49. The van der Waals surface area contributed by atoms with Gasteiger partial charge in [0, 0.05) is 24.8 Å². The summed E-state index contributed by atoms with van der Waals surface area (Å²) in [4.78, 5) is 24.8. The number of nitrogens with zero attached hydrogens (tertiary/aromatic N) is 2. The average molecular weight is 293 g/mol. The first kappa shape index (κ1) is 15.2. The number of benzene rings is 1. The predicted octanol–water partition coefficient (Wildman–Crippen LogP) is 0.562. The SMILES string of the molecule is CN1CCC(CNC(=O)c2cc(NN)ccc2[N+](=O)[O-])C1. The van der Waals surface area contributed by atoms with Crippen LogP contribution in [0.15, 0.2) is 18.2 Å². The molecule has 2 rings (SSSR count). The molecule has 1 atom stereocenters. The second-order valence-corrected chi connectivity index (χ2v) is 5.26. The number of amides is 1. The van der Waals surface area contributed by atoms with Crippen molar-refractivity contribution in [1.82, 2.24) is 10.2 Å². The van der Waals surface area contributed by atoms with Gasteiger partial charge in [-0.2, -0.15) is 0 Å². The number of carbonyl (C=O) groups is 1. The Morgan fingerprint density at radius 1 is 1.57 bits per heavy atom. The Bertz CT molecular complexity index is 549. The highest BCUT2D eigenvalue weighted by atomic mass is 16.6. The number of hydrogen-bond acceptors (Lipinski definition) is 6. The number of rotatable bonds is 5. The van der Waals surface area contributed by atoms with E-state index in [4.69, 9.17) is 5.84 Å². The molecule has 8 heteroatoms. The fraction of sp³-hybridized carbons (Fsp3) is 0.462. The lowest BCUT2D eigenvalue weighted by molar-refractivity contribution is -0.385. The molecule has 8 nitrogen and oxygen atoms in total. The molecule has 0 radical (unpaired) electrons. The zero-order valence-electron chi connectivity index (χ0n) is 11.8. The van der Waals surface area contributed by atoms with Crippen molar-refractivity contribution in [2.45, 2.75) is 6.42 Å². The second kappa shape index (κ2) is 6.51. The number of nitrogen functional groups attached to an aromatic ring is 1. The van der Waals surface area contributed by atoms with E-state index in [1.165, 1.54) is 18.2 Å². The van der Waals surface area contributed by atoms with Crippen molar-refractivity contribution in [1.29, 1.82) is 0 Å². The van der Waals surface area contributed by atoms with E-state index in [0.717, 1.165) is 19.5 Å². The summed E-state index contributed by atoms with van der Waals surface area (Å²) in [6, 6.07) is 4.11. The summed E-state index contributed by atoms with van der Waals surface area (Å²) in [6.07, 6.45) is 1.02. The molecule has 0 aliphatic carbocycles. The molecule has 21 heavy (non-hydrogen) atoms. The first-order valence-corrected chi connectivity index (χ1v) is 6.73. The molecule has 1 unspecified atom stereocenters. The van der Waals surface area contributed by atoms with Gasteiger partial charge in [-0.3, -0.25) is 20.8 Å². The van der Waals surface area contributed by atoms with Crippen molar-refractivity contribution < 1.29 is 9.72 Å². The van der Waals surface area contributed by atoms with Gasteiger partial charge in [0.1, 0.15) is 5.56 Å². The summed E-state index contributed by atoms with van der Waals surface area (Å²) in [6.45, 7) is 2.45. The molecule has 0 spiro atoms. The molecule has 1 amide bonds. The third-order valence-corrected chi connectivity index (χ3v) is 3.64. The quantitative estimate of drug-likeness (QED) is 0.415. The number of hydrogen-bond donors (Lipinski definition) is 3. The van der Waals surface area contributed by atoms with Gasteiger partial charge in [-0.1, -0.05) is 0 Å². The van der Waals surface area contributed by atoms with Crippen LogP contribution in [0.1, 0.15) is 16.8 Å². The Balaban J connectivity index is 2.08. The van der Waals surface area contributed by atoms with Crippen LogP contribution in [-0.2, 0) is 0 Å². The summed E-state index contributed by atoms with van der Waals surface area (Å²) < 4.78 is 0. The molecule has 1 aliphatic rings. The summed E-state index contributed by atoms with van der Waals surface area (Å²) in [5.74, 6) is 5.21. The van der Waals surface area contributed by atoms with E-state index in [2.05, 4.69) is 15.6 Å². The van der Waals surface area contributed by atoms with Crippen molar-refractivity contribution in [2.75, 3.05) is 32.1 Å². The fourth-order valence-corrected chi connectivity index (χ4v) is 2.49. The van der Waals surface area contributed by atoms with Gasteiger partial charge >= 0.3 is 0 Å². The maximum absolute atomic E-state index is 12.2. The van der Waals surface area contributed by atoms with Crippen LogP contribution in [-0.4, -0.2) is 42.4 Å². The minimum Gasteiger partial charge on any atom is -0.351 e. The largest absolute Gasteiger partial charge is 0.351 e. The van der Waals surface area contributed by atoms with E-state index in [1.54, 1.807) is 0 Å². The number of nitro groups is 1. The van der Waals surface area contributed by atoms with Crippen molar-refractivity contribution in [2.24, 2.45) is 11.8 Å². The monoisotopic (exact) mass is 293 g/mol. The molecule has 4 N–H and O–H groups in total. The number of hydrazine groups is 1. The maximum Gasteiger partial charge on any atom is 0.282 e. The third-order valence-electron chi connectivity index (χ3n) is 3.64. The highest BCUT2D eigenvalue weighted by Crippen LogP contribution is 2.22. The van der Waals surface area contributed by atoms with Gasteiger partial charge in [0.05, 0.1) is 4.92 Å². The standard InChI is InChI=1S/C13H19N5O3/c1-17-5-4-9(8-17)7-15-13(19)11-6-10(16-14)2-3-12(11)18(20)21/h2-3,6,9,16H,4-5,7-8,14H2,1H3,(H,15,19). The van der Waals surface area contributed by atoms with Gasteiger partial charge in [0.25, 0.3) is 11.6 Å². The van der Waals surface area contributed by atoms with Crippen molar-refractivity contribution in [3.63, 3.8) is 0 Å². The molecule has 114 valence electrons. The summed E-state index contributed by atoms with van der Waals surface area (Å²) in [5, 5.41) is 13.8. The van der Waals surface area contributed by atoms with Crippen LogP contribution >= 0.6 is 0 Å². The Hall–Kier alpha value is -2.19. The van der Waals surface area contributed by atoms with Gasteiger partial charge in [-0.25, -0.2) is 0 Å². The number of nitrogens with two attached hydrogens (primary N) is 1. The number of likely N-dealkylation sites (tertiary alicyclic amines) is 1. The zero-order valence-corrected chi connectivity index (χ0v) is 11.8. The van der Waals surface area contributed by atoms with Crippen molar-refractivity contribution in [3.05, 3.63) is 33.9 Å². The number of nitrogens with one attached hydrogen (secondary N) is 2. The van der Waals surface area contributed by atoms with Gasteiger partial charge in [0.2, 0.25) is 0 Å². The highest BCUT2D eigenvalue weighted by Gasteiger charge is 2.23. The van der Waals surface area contributed by atoms with E-state index < -0.39 is 10.8 Å². The molecule has 0 aromatic heterocycles. The summed E-state index contributed by atoms with van der Waals surface area (Å²) >= 11 is 0. The van der Waals surface area contributed by atoms with Gasteiger partial charge < -0.3 is 15.6 Å². The summed E-state index contributed by atoms with van der Waals surface area (Å²) in [5.41, 5.74) is 2.62. The van der Waals surface area contributed by atoms with E-state index >= 15 is 0 Å². The maximum atomic E-state index is 12.2. The minimum atomic E-state index is -0.571. The van der Waals surface area contributed by atoms with Crippen molar-refractivity contribution in [3.8, 4) is 0 Å². The van der Waals surface area contributed by atoms with Crippen molar-refractivity contribution >= 4 is 17.3 Å². The van der Waals surface area contributed by atoms with Crippen LogP contribution in [0.4, 0.5) is 11.4 Å². The van der Waals surface area contributed by atoms with E-state index in [-0.39, 0.29) is 11.3 Å². The number of nitro benzene ring substituents is 1. The minimum absolute atomic E-state index is 0.0156. The molecule has 0 saturated carbocycles. The van der Waals surface area contributed by atoms with E-state index in [0.29, 0.717) is 18.2 Å². The average Bonchev–Trinajstić information content (AvgIpc) is 2.89. The lowest BCUT2D eigenvalue weighted by Gasteiger charge is -2.12. The van der Waals surface area contributed by atoms with Crippen LogP contribution in [0.2, 0.25) is 0 Å². The smallest absolute Gasteiger partial charge is 0.282 e. The molecule has 1 saturated heterocycles. The van der Waals surface area contributed by atoms with Crippen LogP contribution in [0, 0.1) is 16.0 Å². The molecular weight excluding hydrogens is 274 g/mol. The topological polar surface area (TPSA) is 114 Å². The van der Waals surface area contributed by atoms with Crippen LogP contribution in [0.25, 0.3) is 0 Å². The lowest BCUT2D eigenvalue weighted by Crippen LogP contribution is -2.31. The molecule has 1 fully saturated rings. The van der Waals surface area contributed by atoms with Crippen LogP contribution in [0.5, 0.6) is 0 Å². The zero-order chi connectivity index (χ0) is 15.4. The molecule has 0 bridgehead atoms. The summed E-state index contributed by atoms with van der Waals surface area (Å²) in [7, 11) is 2.03. The molecule has 1 aromatic carbocycles. The molecular formula is C13H19N5O3. The molecule has 1 aliphatic heterocycles. The first-order chi connectivity index (χ1) is 10.0. The lowest BCUT2D eigenvalue weighted by atomic mass is 10.1. The van der Waals surface area contributed by atoms with Gasteiger partial charge in [-0.05, 0) is 38.1 Å². The predicted molar refractivity (Wildman–Crippen MR) is 78.8 cm³/mol. The second-order valence-electron chi connectivity index (χ2n) is 5.26. The van der Waals surface area contributed by atoms with Gasteiger partial charge in [0.15, 0.2) is 0 Å². The first-order valence-electron chi connectivity index (χ1n) is 6.73. The Kier molecular flexibility index (Phi) is 4.71. The third kappa shape index (κ3) is 3.67. The Labute approximate surface area is 122 Å². The number of anilines is 1. The number of carbonyl (C=O) groups excluding carboxylic acids is 1. The Morgan fingerprint density at radius 3 is 2.90 bits per heavy atom. The van der Waals surface area contributed by atoms with E-state index in [1.807, 2.05) is 7.05 Å². The van der Waals surface area contributed by atoms with Crippen LogP contribution in [0.3, 0.4) is 0 Å². The molecule has 1 heterocycles. The highest BCUT2D eigenvalue weighted by molar-refractivity contribution is 5.99. The molecule has 1 aromatic rings.